The molecule has 7 heteroatoms. The van der Waals surface area contributed by atoms with Crippen molar-refractivity contribution >= 4 is 25.0 Å². The average molecular weight is 701 g/mol. The third-order valence-corrected chi connectivity index (χ3v) is 14.5. The summed E-state index contributed by atoms with van der Waals surface area (Å²) < 4.78 is 34.2. The fourth-order valence-corrected chi connectivity index (χ4v) is 11.6. The first-order valence-corrected chi connectivity index (χ1v) is 19.6. The van der Waals surface area contributed by atoms with E-state index in [-0.39, 0.29) is 11.6 Å². The summed E-state index contributed by atoms with van der Waals surface area (Å²) in [7, 11) is -2.95. The van der Waals surface area contributed by atoms with E-state index in [0.717, 1.165) is 33.3 Å². The second-order valence-corrected chi connectivity index (χ2v) is 18.3. The summed E-state index contributed by atoms with van der Waals surface area (Å²) in [6, 6.07) is 51.0. The van der Waals surface area contributed by atoms with Gasteiger partial charge in [-0.15, -0.1) is 0 Å². The number of aldehydes is 1. The third-order valence-electron chi connectivity index (χ3n) is 9.54. The SMILES string of the molecule is CC(C)(C)[Si](OCC1O[C@@H](C=O)C(OCc2ccccc2)C(OCc2ccccc2)[C@H]1OCc1ccccc1)(c1ccccc1)c1ccccc1. The van der Waals surface area contributed by atoms with Gasteiger partial charge in [0.2, 0.25) is 0 Å². The molecule has 5 atom stereocenters. The van der Waals surface area contributed by atoms with Crippen LogP contribution in [0.1, 0.15) is 37.5 Å². The van der Waals surface area contributed by atoms with E-state index in [1.807, 2.05) is 103 Å². The molecule has 5 aromatic rings. The first-order chi connectivity index (χ1) is 24.9. The maximum Gasteiger partial charge on any atom is 0.261 e. The summed E-state index contributed by atoms with van der Waals surface area (Å²) in [6.07, 6.45) is -2.70. The molecule has 1 aliphatic rings. The minimum absolute atomic E-state index is 0.188. The molecule has 6 nitrogen and oxygen atoms in total. The number of benzene rings is 5. The number of carbonyl (C=O) groups excluding carboxylic acids is 1. The Bertz CT molecular complexity index is 1710. The highest BCUT2D eigenvalue weighted by atomic mass is 28.4. The van der Waals surface area contributed by atoms with Crippen molar-refractivity contribution in [2.45, 2.75) is 76.1 Å². The van der Waals surface area contributed by atoms with Crippen LogP contribution < -0.4 is 10.4 Å². The zero-order valence-electron chi connectivity index (χ0n) is 29.7. The molecule has 6 rings (SSSR count). The highest BCUT2D eigenvalue weighted by Crippen LogP contribution is 2.38. The molecule has 5 aromatic carbocycles. The van der Waals surface area contributed by atoms with Crippen LogP contribution in [0.4, 0.5) is 0 Å². The first kappa shape index (κ1) is 36.6. The largest absolute Gasteiger partial charge is 0.405 e. The number of rotatable bonds is 15. The van der Waals surface area contributed by atoms with Crippen LogP contribution in [0.15, 0.2) is 152 Å². The molecule has 0 saturated carbocycles. The molecule has 1 heterocycles. The van der Waals surface area contributed by atoms with Crippen LogP contribution >= 0.6 is 0 Å². The summed E-state index contributed by atoms with van der Waals surface area (Å²) in [5.74, 6) is 0. The zero-order valence-corrected chi connectivity index (χ0v) is 30.7. The van der Waals surface area contributed by atoms with Gasteiger partial charge in [-0.1, -0.05) is 172 Å². The molecular formula is C44H48O6Si. The van der Waals surface area contributed by atoms with Gasteiger partial charge in [0.25, 0.3) is 8.32 Å². The molecule has 1 aliphatic heterocycles. The maximum absolute atomic E-state index is 12.9. The molecular weight excluding hydrogens is 653 g/mol. The van der Waals surface area contributed by atoms with Crippen molar-refractivity contribution in [3.63, 3.8) is 0 Å². The summed E-state index contributed by atoms with van der Waals surface area (Å²) in [5, 5.41) is 2.07. The van der Waals surface area contributed by atoms with Crippen LogP contribution in [0, 0.1) is 0 Å². The van der Waals surface area contributed by atoms with Crippen molar-refractivity contribution in [3.8, 4) is 0 Å². The summed E-state index contributed by atoms with van der Waals surface area (Å²) in [4.78, 5) is 12.9. The van der Waals surface area contributed by atoms with Crippen LogP contribution in [0.2, 0.25) is 5.04 Å². The maximum atomic E-state index is 12.9. The second-order valence-electron chi connectivity index (χ2n) is 14.0. The Morgan fingerprint density at radius 1 is 0.549 bits per heavy atom. The van der Waals surface area contributed by atoms with Gasteiger partial charge in [0, 0.05) is 0 Å². The van der Waals surface area contributed by atoms with Crippen LogP contribution in [0.5, 0.6) is 0 Å². The fraction of sp³-hybridized carbons (Fsp3) is 0.295. The third kappa shape index (κ3) is 8.82. The zero-order chi connectivity index (χ0) is 35.5. The van der Waals surface area contributed by atoms with E-state index >= 15 is 0 Å². The van der Waals surface area contributed by atoms with Gasteiger partial charge in [0.15, 0.2) is 6.29 Å². The highest BCUT2D eigenvalue weighted by molar-refractivity contribution is 6.99. The lowest BCUT2D eigenvalue weighted by molar-refractivity contribution is -0.261. The topological polar surface area (TPSA) is 63.2 Å². The van der Waals surface area contributed by atoms with Crippen molar-refractivity contribution in [3.05, 3.63) is 168 Å². The van der Waals surface area contributed by atoms with Gasteiger partial charge < -0.3 is 28.2 Å². The van der Waals surface area contributed by atoms with Crippen molar-refractivity contribution < 1.29 is 28.2 Å². The van der Waals surface area contributed by atoms with E-state index in [9.17, 15) is 4.79 Å². The molecule has 0 spiro atoms. The van der Waals surface area contributed by atoms with Gasteiger partial charge >= 0.3 is 0 Å². The molecule has 0 amide bonds. The minimum Gasteiger partial charge on any atom is -0.405 e. The molecule has 51 heavy (non-hydrogen) atoms. The van der Waals surface area contributed by atoms with Gasteiger partial charge in [0.1, 0.15) is 30.5 Å². The molecule has 3 unspecified atom stereocenters. The quantitative estimate of drug-likeness (QED) is 0.0845. The van der Waals surface area contributed by atoms with Crippen molar-refractivity contribution in [2.75, 3.05) is 6.61 Å². The minimum atomic E-state index is -2.95. The monoisotopic (exact) mass is 700 g/mol. The standard InChI is InChI=1S/C44H48O6Si/c1-44(2,3)51(37-25-15-7-16-26-37,38-27-17-8-18-28-38)49-33-40-42(47-31-35-21-11-5-12-22-35)43(48-32-36-23-13-6-14-24-36)41(39(29-45)50-40)46-30-34-19-9-4-10-20-34/h4-29,39-43H,30-33H2,1-3H3/t39-,40?,41?,42-,43?/m0/s1. The van der Waals surface area contributed by atoms with Crippen molar-refractivity contribution in [2.24, 2.45) is 0 Å². The molecule has 0 aliphatic carbocycles. The molecule has 0 radical (unpaired) electrons. The lowest BCUT2D eigenvalue weighted by Gasteiger charge is -2.47. The van der Waals surface area contributed by atoms with E-state index in [4.69, 9.17) is 23.4 Å². The highest BCUT2D eigenvalue weighted by Gasteiger charge is 2.53. The van der Waals surface area contributed by atoms with Gasteiger partial charge in [-0.3, -0.25) is 0 Å². The van der Waals surface area contributed by atoms with E-state index in [2.05, 4.69) is 69.3 Å². The lowest BCUT2D eigenvalue weighted by Crippen LogP contribution is -2.68. The number of carbonyl (C=O) groups is 1. The number of ether oxygens (including phenoxy) is 4. The fourth-order valence-electron chi connectivity index (χ4n) is 7.04. The molecule has 0 N–H and O–H groups in total. The Morgan fingerprint density at radius 3 is 1.31 bits per heavy atom. The van der Waals surface area contributed by atoms with Crippen LogP contribution in [-0.2, 0) is 48.0 Å². The smallest absolute Gasteiger partial charge is 0.261 e. The van der Waals surface area contributed by atoms with E-state index < -0.39 is 38.8 Å². The van der Waals surface area contributed by atoms with Crippen molar-refractivity contribution in [1.29, 1.82) is 0 Å². The molecule has 1 saturated heterocycles. The molecule has 0 bridgehead atoms. The van der Waals surface area contributed by atoms with Gasteiger partial charge in [0.05, 0.1) is 26.4 Å². The average Bonchev–Trinajstić information content (AvgIpc) is 3.17. The van der Waals surface area contributed by atoms with Crippen LogP contribution in [0.3, 0.4) is 0 Å². The van der Waals surface area contributed by atoms with Crippen LogP contribution in [-0.4, -0.2) is 51.7 Å². The molecule has 1 fully saturated rings. The normalized spacial score (nSPS) is 20.9. The summed E-state index contributed by atoms with van der Waals surface area (Å²) in [5.41, 5.74) is 3.02. The van der Waals surface area contributed by atoms with Gasteiger partial charge in [-0.2, -0.15) is 0 Å². The predicted molar refractivity (Wildman–Crippen MR) is 203 cm³/mol. The molecule has 0 aromatic heterocycles. The second kappa shape index (κ2) is 17.3. The summed E-state index contributed by atoms with van der Waals surface area (Å²) >= 11 is 0. The van der Waals surface area contributed by atoms with E-state index in [1.54, 1.807) is 0 Å². The first-order valence-electron chi connectivity index (χ1n) is 17.7. The predicted octanol–water partition coefficient (Wildman–Crippen LogP) is 7.29. The Labute approximate surface area is 303 Å². The Kier molecular flexibility index (Phi) is 12.4. The number of hydrogen-bond acceptors (Lipinski definition) is 6. The Morgan fingerprint density at radius 2 is 0.922 bits per heavy atom. The number of hydrogen-bond donors (Lipinski definition) is 0. The summed E-state index contributed by atoms with van der Waals surface area (Å²) in [6.45, 7) is 7.86. The van der Waals surface area contributed by atoms with Gasteiger partial charge in [-0.25, -0.2) is 0 Å². The van der Waals surface area contributed by atoms with E-state index in [0.29, 0.717) is 19.8 Å². The van der Waals surface area contributed by atoms with Crippen LogP contribution in [0.25, 0.3) is 0 Å². The Hall–Kier alpha value is -4.21. The Balaban J connectivity index is 1.38. The van der Waals surface area contributed by atoms with E-state index in [1.165, 1.54) is 0 Å². The van der Waals surface area contributed by atoms with Crippen molar-refractivity contribution in [1.82, 2.24) is 0 Å². The molecule has 264 valence electrons. The lowest BCUT2D eigenvalue weighted by atomic mass is 9.94. The van der Waals surface area contributed by atoms with Gasteiger partial charge in [-0.05, 0) is 32.1 Å².